The summed E-state index contributed by atoms with van der Waals surface area (Å²) in [5, 5.41) is 0.367. The quantitative estimate of drug-likeness (QED) is 0.446. The lowest BCUT2D eigenvalue weighted by Gasteiger charge is -2.16. The Kier molecular flexibility index (Phi) is 6.96. The zero-order chi connectivity index (χ0) is 19.9. The van der Waals surface area contributed by atoms with E-state index in [-0.39, 0.29) is 6.01 Å². The average molecular weight is 482 g/mol. The van der Waals surface area contributed by atoms with Crippen LogP contribution in [0.15, 0.2) is 65.4 Å². The monoisotopic (exact) mass is 480 g/mol. The molecular formula is C18H14BrClN4O3S. The molecule has 0 saturated heterocycles. The van der Waals surface area contributed by atoms with Gasteiger partial charge in [-0.3, -0.25) is 0 Å². The molecule has 3 rings (SSSR count). The molecule has 0 spiro atoms. The van der Waals surface area contributed by atoms with Crippen LogP contribution in [0.1, 0.15) is 0 Å². The Labute approximate surface area is 179 Å². The predicted octanol–water partition coefficient (Wildman–Crippen LogP) is 5.79. The molecule has 1 amide bonds. The minimum atomic E-state index is -0.512. The first kappa shape index (κ1) is 20.2. The number of carbonyl (C=O) groups excluding carboxylic acids is 1. The van der Waals surface area contributed by atoms with Crippen LogP contribution in [-0.2, 0) is 0 Å². The topological polar surface area (TPSA) is 76.6 Å². The Morgan fingerprint density at radius 2 is 1.89 bits per heavy atom. The van der Waals surface area contributed by atoms with Crippen LogP contribution in [0.3, 0.4) is 0 Å². The molecule has 0 radical (unpaired) electrons. The van der Waals surface area contributed by atoms with Crippen molar-refractivity contribution in [3.8, 4) is 17.5 Å². The molecule has 10 heteroatoms. The highest BCUT2D eigenvalue weighted by molar-refractivity contribution is 9.10. The maximum atomic E-state index is 12.1. The van der Waals surface area contributed by atoms with Crippen molar-refractivity contribution in [2.75, 3.05) is 11.8 Å². The molecule has 1 heterocycles. The van der Waals surface area contributed by atoms with E-state index in [4.69, 9.17) is 21.1 Å². The lowest BCUT2D eigenvalue weighted by Crippen LogP contribution is -2.24. The fourth-order valence-electron chi connectivity index (χ4n) is 1.91. The number of hydrogen-bond acceptors (Lipinski definition) is 7. The minimum Gasteiger partial charge on any atom is -0.423 e. The fraction of sp³-hybridized carbons (Fsp3) is 0.0556. The van der Waals surface area contributed by atoms with Crippen LogP contribution in [0, 0.1) is 0 Å². The molecule has 0 aliphatic rings. The van der Waals surface area contributed by atoms with Crippen LogP contribution >= 0.6 is 39.7 Å². The number of benzene rings is 2. The van der Waals surface area contributed by atoms with E-state index in [1.807, 2.05) is 6.07 Å². The lowest BCUT2D eigenvalue weighted by molar-refractivity contribution is 0.187. The Bertz CT molecular complexity index is 947. The molecule has 2 aromatic carbocycles. The molecule has 1 N–H and O–H groups in total. The maximum absolute atomic E-state index is 12.1. The van der Waals surface area contributed by atoms with Crippen molar-refractivity contribution >= 4 is 51.4 Å². The number of nitrogens with zero attached hydrogens (tertiary/aromatic N) is 3. The van der Waals surface area contributed by atoms with Gasteiger partial charge in [-0.2, -0.15) is 0 Å². The van der Waals surface area contributed by atoms with Crippen LogP contribution < -0.4 is 14.2 Å². The van der Waals surface area contributed by atoms with Crippen LogP contribution in [0.5, 0.6) is 17.5 Å². The first-order valence-corrected chi connectivity index (χ1v) is 9.84. The molecule has 0 fully saturated rings. The molecule has 0 aliphatic carbocycles. The van der Waals surface area contributed by atoms with Crippen LogP contribution in [0.2, 0.25) is 5.02 Å². The maximum Gasteiger partial charge on any atom is 0.426 e. The number of anilines is 1. The zero-order valence-corrected chi connectivity index (χ0v) is 17.7. The van der Waals surface area contributed by atoms with E-state index in [1.165, 1.54) is 4.31 Å². The molecular weight excluding hydrogens is 468 g/mol. The second-order valence-corrected chi connectivity index (χ2v) is 7.56. The highest BCUT2D eigenvalue weighted by Gasteiger charge is 2.13. The second kappa shape index (κ2) is 9.63. The number of ether oxygens (including phenoxy) is 2. The van der Waals surface area contributed by atoms with E-state index >= 15 is 0 Å². The summed E-state index contributed by atoms with van der Waals surface area (Å²) in [6.07, 6.45) is 2.64. The SMILES string of the molecule is CN(SNc1ccc(Oc2ncc(Br)cn2)c(Cl)c1)C(=O)Oc1ccccc1. The van der Waals surface area contributed by atoms with Gasteiger partial charge in [-0.1, -0.05) is 29.8 Å². The summed E-state index contributed by atoms with van der Waals surface area (Å²) in [5.41, 5.74) is 0.679. The lowest BCUT2D eigenvalue weighted by atomic mass is 10.3. The fourth-order valence-corrected chi connectivity index (χ4v) is 2.82. The number of amides is 1. The summed E-state index contributed by atoms with van der Waals surface area (Å²) in [7, 11) is 1.59. The van der Waals surface area contributed by atoms with Gasteiger partial charge in [0.2, 0.25) is 0 Å². The minimum absolute atomic E-state index is 0.184. The average Bonchev–Trinajstić information content (AvgIpc) is 2.70. The van der Waals surface area contributed by atoms with Crippen molar-refractivity contribution in [2.45, 2.75) is 0 Å². The molecule has 0 bridgehead atoms. The molecule has 0 saturated carbocycles. The van der Waals surface area contributed by atoms with E-state index in [2.05, 4.69) is 30.6 Å². The number of hydrogen-bond donors (Lipinski definition) is 1. The largest absolute Gasteiger partial charge is 0.426 e. The second-order valence-electron chi connectivity index (χ2n) is 5.30. The van der Waals surface area contributed by atoms with Gasteiger partial charge in [-0.25, -0.2) is 19.1 Å². The number of nitrogens with one attached hydrogen (secondary N) is 1. The smallest absolute Gasteiger partial charge is 0.423 e. The molecule has 0 unspecified atom stereocenters. The van der Waals surface area contributed by atoms with Gasteiger partial charge in [-0.15, -0.1) is 0 Å². The van der Waals surface area contributed by atoms with Gasteiger partial charge in [0.1, 0.15) is 11.5 Å². The van der Waals surface area contributed by atoms with Crippen LogP contribution in [-0.4, -0.2) is 27.4 Å². The first-order valence-electron chi connectivity index (χ1n) is 7.90. The third-order valence-electron chi connectivity index (χ3n) is 3.24. The molecule has 28 heavy (non-hydrogen) atoms. The van der Waals surface area contributed by atoms with Gasteiger partial charge in [0, 0.05) is 25.1 Å². The van der Waals surface area contributed by atoms with Crippen molar-refractivity contribution < 1.29 is 14.3 Å². The van der Waals surface area contributed by atoms with Gasteiger partial charge < -0.3 is 14.2 Å². The van der Waals surface area contributed by atoms with Crippen molar-refractivity contribution in [2.24, 2.45) is 0 Å². The Balaban J connectivity index is 1.55. The summed E-state index contributed by atoms with van der Waals surface area (Å²) >= 11 is 10.6. The van der Waals surface area contributed by atoms with Gasteiger partial charge >= 0.3 is 12.1 Å². The zero-order valence-electron chi connectivity index (χ0n) is 14.5. The van der Waals surface area contributed by atoms with E-state index < -0.39 is 6.09 Å². The third-order valence-corrected chi connectivity index (χ3v) is 4.69. The van der Waals surface area contributed by atoms with E-state index in [0.29, 0.717) is 22.2 Å². The molecule has 0 aliphatic heterocycles. The van der Waals surface area contributed by atoms with E-state index in [9.17, 15) is 4.79 Å². The van der Waals surface area contributed by atoms with Gasteiger partial charge in [-0.05, 0) is 46.3 Å². The summed E-state index contributed by atoms with van der Waals surface area (Å²) < 4.78 is 15.9. The number of carbonyl (C=O) groups is 1. The molecule has 0 atom stereocenters. The van der Waals surface area contributed by atoms with Crippen molar-refractivity contribution in [3.63, 3.8) is 0 Å². The van der Waals surface area contributed by atoms with E-state index in [0.717, 1.165) is 16.6 Å². The highest BCUT2D eigenvalue weighted by atomic mass is 79.9. The number of halogens is 2. The number of aromatic nitrogens is 2. The Morgan fingerprint density at radius 1 is 1.18 bits per heavy atom. The third kappa shape index (κ3) is 5.75. The Morgan fingerprint density at radius 3 is 2.57 bits per heavy atom. The van der Waals surface area contributed by atoms with Crippen molar-refractivity contribution in [1.82, 2.24) is 14.3 Å². The standard InChI is InChI=1S/C18H14BrClN4O3S/c1-24(18(25)26-14-5-3-2-4-6-14)28-23-13-7-8-16(15(20)9-13)27-17-21-10-12(19)11-22-17/h2-11,23H,1H3. The van der Waals surface area contributed by atoms with Gasteiger partial charge in [0.05, 0.1) is 21.6 Å². The molecule has 7 nitrogen and oxygen atoms in total. The summed E-state index contributed by atoms with van der Waals surface area (Å²) in [6, 6.07) is 14.1. The number of para-hydroxylation sites is 1. The van der Waals surface area contributed by atoms with Crippen molar-refractivity contribution in [1.29, 1.82) is 0 Å². The van der Waals surface area contributed by atoms with Gasteiger partial charge in [0.25, 0.3) is 0 Å². The molecule has 144 valence electrons. The van der Waals surface area contributed by atoms with Gasteiger partial charge in [0.15, 0.2) is 0 Å². The summed E-state index contributed by atoms with van der Waals surface area (Å²) in [4.78, 5) is 20.1. The van der Waals surface area contributed by atoms with Crippen LogP contribution in [0.4, 0.5) is 10.5 Å². The van der Waals surface area contributed by atoms with Crippen molar-refractivity contribution in [3.05, 3.63) is 70.4 Å². The highest BCUT2D eigenvalue weighted by Crippen LogP contribution is 2.31. The number of rotatable bonds is 6. The van der Waals surface area contributed by atoms with E-state index in [1.54, 1.807) is 61.9 Å². The first-order chi connectivity index (χ1) is 13.5. The molecule has 3 aromatic rings. The summed E-state index contributed by atoms with van der Waals surface area (Å²) in [5.74, 6) is 0.885. The van der Waals surface area contributed by atoms with Crippen LogP contribution in [0.25, 0.3) is 0 Å². The molecule has 1 aromatic heterocycles. The normalized spacial score (nSPS) is 10.2. The Hall–Kier alpha value is -2.49. The predicted molar refractivity (Wildman–Crippen MR) is 113 cm³/mol. The summed E-state index contributed by atoms with van der Waals surface area (Å²) in [6.45, 7) is 0.